The summed E-state index contributed by atoms with van der Waals surface area (Å²) in [5, 5.41) is 20.0. The van der Waals surface area contributed by atoms with Gasteiger partial charge in [0.2, 0.25) is 0 Å². The van der Waals surface area contributed by atoms with Crippen LogP contribution in [0, 0.1) is 11.3 Å². The number of hydrogen-bond donors (Lipinski definition) is 1. The Morgan fingerprint density at radius 3 is 2.37 bits per heavy atom. The van der Waals surface area contributed by atoms with Crippen LogP contribution < -0.4 is 10.2 Å². The summed E-state index contributed by atoms with van der Waals surface area (Å²) in [4.78, 5) is 20.1. The maximum Gasteiger partial charge on any atom is 0.326 e. The first-order valence-electron chi connectivity index (χ1n) is 12.9. The second-order valence-electron chi connectivity index (χ2n) is 9.39. The molecule has 0 saturated heterocycles. The summed E-state index contributed by atoms with van der Waals surface area (Å²) in [6, 6.07) is 31.1. The number of urea groups is 1. The molecule has 0 radical (unpaired) electrons. The van der Waals surface area contributed by atoms with E-state index in [-0.39, 0.29) is 6.03 Å². The van der Waals surface area contributed by atoms with E-state index >= 15 is 0 Å². The number of para-hydroxylation sites is 1. The fourth-order valence-electron chi connectivity index (χ4n) is 4.70. The van der Waals surface area contributed by atoms with E-state index in [0.717, 1.165) is 33.2 Å². The van der Waals surface area contributed by atoms with E-state index in [2.05, 4.69) is 11.4 Å². The summed E-state index contributed by atoms with van der Waals surface area (Å²) in [5.74, 6) is 0. The fourth-order valence-corrected chi connectivity index (χ4v) is 4.99. The Balaban J connectivity index is 1.39. The molecule has 6 rings (SSSR count). The molecular weight excluding hydrogens is 555 g/mol. The van der Waals surface area contributed by atoms with Crippen LogP contribution in [0.2, 0.25) is 10.0 Å². The van der Waals surface area contributed by atoms with Crippen molar-refractivity contribution in [2.75, 3.05) is 16.8 Å². The van der Waals surface area contributed by atoms with E-state index in [4.69, 9.17) is 33.3 Å². The summed E-state index contributed by atoms with van der Waals surface area (Å²) in [5.41, 5.74) is 5.02. The minimum absolute atomic E-state index is 0.315. The molecular formula is C32H22Cl2N6O. The van der Waals surface area contributed by atoms with Crippen LogP contribution in [0.5, 0.6) is 0 Å². The molecule has 7 nitrogen and oxygen atoms in total. The molecule has 2 aromatic heterocycles. The number of halogens is 2. The Morgan fingerprint density at radius 2 is 1.63 bits per heavy atom. The third kappa shape index (κ3) is 5.57. The molecule has 0 bridgehead atoms. The van der Waals surface area contributed by atoms with Gasteiger partial charge in [0.05, 0.1) is 28.5 Å². The van der Waals surface area contributed by atoms with Crippen molar-refractivity contribution in [2.45, 2.75) is 6.42 Å². The first-order chi connectivity index (χ1) is 20.0. The lowest BCUT2D eigenvalue weighted by molar-refractivity contribution is 0.257. The molecule has 0 unspecified atom stereocenters. The van der Waals surface area contributed by atoms with Crippen molar-refractivity contribution in [1.29, 1.82) is 5.26 Å². The van der Waals surface area contributed by atoms with Gasteiger partial charge < -0.3 is 5.32 Å². The van der Waals surface area contributed by atoms with Crippen LogP contribution in [0.15, 0.2) is 103 Å². The number of hydrogen-bond acceptors (Lipinski definition) is 4. The first-order valence-corrected chi connectivity index (χ1v) is 13.6. The maximum atomic E-state index is 13.5. The molecule has 0 aliphatic heterocycles. The number of nitrogens with zero attached hydrogens (tertiary/aromatic N) is 5. The van der Waals surface area contributed by atoms with E-state index in [0.29, 0.717) is 39.9 Å². The fraction of sp³-hybridized carbons (Fsp3) is 0.0625. The Morgan fingerprint density at radius 1 is 0.902 bits per heavy atom. The van der Waals surface area contributed by atoms with Gasteiger partial charge in [0.25, 0.3) is 0 Å². The molecule has 0 spiro atoms. The van der Waals surface area contributed by atoms with E-state index in [9.17, 15) is 10.1 Å². The second-order valence-corrected chi connectivity index (χ2v) is 10.3. The van der Waals surface area contributed by atoms with E-state index in [1.165, 1.54) is 0 Å². The summed E-state index contributed by atoms with van der Waals surface area (Å²) in [6.07, 6.45) is 2.41. The Hall–Kier alpha value is -4.90. The van der Waals surface area contributed by atoms with Crippen LogP contribution in [0.25, 0.3) is 27.5 Å². The molecule has 4 aromatic carbocycles. The molecule has 0 saturated carbocycles. The zero-order valence-electron chi connectivity index (χ0n) is 21.6. The van der Waals surface area contributed by atoms with Crippen molar-refractivity contribution in [3.8, 4) is 11.8 Å². The Labute approximate surface area is 246 Å². The number of pyridine rings is 1. The second kappa shape index (κ2) is 11.3. The Bertz CT molecular complexity index is 1910. The predicted molar refractivity (Wildman–Crippen MR) is 164 cm³/mol. The molecule has 0 aliphatic rings. The Kier molecular flexibility index (Phi) is 7.26. The molecule has 41 heavy (non-hydrogen) atoms. The number of aromatic nitrogens is 3. The van der Waals surface area contributed by atoms with Gasteiger partial charge in [0.15, 0.2) is 0 Å². The van der Waals surface area contributed by atoms with Crippen molar-refractivity contribution in [3.05, 3.63) is 125 Å². The van der Waals surface area contributed by atoms with Gasteiger partial charge in [-0.25, -0.2) is 9.48 Å². The zero-order chi connectivity index (χ0) is 28.3. The number of fused-ring (bicyclic) bond motifs is 3. The number of nitrogens with one attached hydrogen (secondary N) is 1. The van der Waals surface area contributed by atoms with Crippen molar-refractivity contribution in [1.82, 2.24) is 14.8 Å². The molecule has 0 atom stereocenters. The average molecular weight is 577 g/mol. The lowest BCUT2D eigenvalue weighted by Crippen LogP contribution is -2.36. The van der Waals surface area contributed by atoms with Crippen molar-refractivity contribution >= 4 is 62.4 Å². The first kappa shape index (κ1) is 26.3. The third-order valence-corrected chi connectivity index (χ3v) is 7.22. The number of nitriles is 1. The molecule has 0 fully saturated rings. The quantitative estimate of drug-likeness (QED) is 0.217. The highest BCUT2D eigenvalue weighted by Gasteiger charge is 2.19. The minimum Gasteiger partial charge on any atom is -0.308 e. The number of carbonyl (C=O) groups excluding carboxylic acids is 1. The third-order valence-electron chi connectivity index (χ3n) is 6.74. The highest BCUT2D eigenvalue weighted by atomic mass is 35.5. The van der Waals surface area contributed by atoms with Crippen molar-refractivity contribution in [2.24, 2.45) is 0 Å². The van der Waals surface area contributed by atoms with Crippen LogP contribution in [0.4, 0.5) is 16.2 Å². The lowest BCUT2D eigenvalue weighted by Gasteiger charge is -2.23. The number of carbonyl (C=O) groups is 1. The lowest BCUT2D eigenvalue weighted by atomic mass is 10.1. The SMILES string of the molecule is N#Cc1ccc(N(CCc2nc3cc(Cl)ccc3c3nn(-c4ccccc4)cc23)C(=O)Nc2ccc(Cl)cc2)cc1. The van der Waals surface area contributed by atoms with Crippen molar-refractivity contribution < 1.29 is 4.79 Å². The summed E-state index contributed by atoms with van der Waals surface area (Å²) in [6.45, 7) is 0.315. The van der Waals surface area contributed by atoms with E-state index < -0.39 is 0 Å². The van der Waals surface area contributed by atoms with Crippen LogP contribution in [-0.2, 0) is 6.42 Å². The highest BCUT2D eigenvalue weighted by Crippen LogP contribution is 2.29. The van der Waals surface area contributed by atoms with Gasteiger partial charge in [-0.05, 0) is 78.9 Å². The minimum atomic E-state index is -0.322. The normalized spacial score (nSPS) is 11.0. The van der Waals surface area contributed by atoms with Gasteiger partial charge in [-0.3, -0.25) is 9.88 Å². The van der Waals surface area contributed by atoms with Crippen LogP contribution in [0.3, 0.4) is 0 Å². The molecule has 0 aliphatic carbocycles. The summed E-state index contributed by atoms with van der Waals surface area (Å²) in [7, 11) is 0. The monoisotopic (exact) mass is 576 g/mol. The predicted octanol–water partition coefficient (Wildman–Crippen LogP) is 8.03. The molecule has 1 N–H and O–H groups in total. The molecule has 9 heteroatoms. The number of benzene rings is 4. The van der Waals surface area contributed by atoms with Gasteiger partial charge >= 0.3 is 6.03 Å². The maximum absolute atomic E-state index is 13.5. The smallest absolute Gasteiger partial charge is 0.308 e. The molecule has 2 amide bonds. The number of rotatable bonds is 6. The average Bonchev–Trinajstić information content (AvgIpc) is 3.45. The highest BCUT2D eigenvalue weighted by molar-refractivity contribution is 6.31. The molecule has 2 heterocycles. The van der Waals surface area contributed by atoms with Gasteiger partial charge in [-0.2, -0.15) is 10.4 Å². The van der Waals surface area contributed by atoms with E-state index in [1.807, 2.05) is 59.4 Å². The standard InChI is InChI=1S/C32H22Cl2N6O/c33-22-8-11-24(12-9-22)36-32(41)39(25-13-6-21(19-35)7-14-25)17-16-29-28-20-40(26-4-2-1-3-5-26)38-31(28)27-15-10-23(34)18-30(27)37-29/h1-15,18,20H,16-17H2,(H,36,41). The topological polar surface area (TPSA) is 86.8 Å². The molecule has 6 aromatic rings. The summed E-state index contributed by atoms with van der Waals surface area (Å²) < 4.78 is 1.84. The molecule has 200 valence electrons. The van der Waals surface area contributed by atoms with Gasteiger partial charge in [-0.15, -0.1) is 0 Å². The largest absolute Gasteiger partial charge is 0.326 e. The van der Waals surface area contributed by atoms with E-state index in [1.54, 1.807) is 53.4 Å². The van der Waals surface area contributed by atoms with Gasteiger partial charge in [-0.1, -0.05) is 41.4 Å². The van der Waals surface area contributed by atoms with Gasteiger partial charge in [0, 0.05) is 51.4 Å². The van der Waals surface area contributed by atoms with Crippen LogP contribution in [0.1, 0.15) is 11.3 Å². The number of anilines is 2. The van der Waals surface area contributed by atoms with Crippen LogP contribution >= 0.6 is 23.2 Å². The number of amides is 2. The van der Waals surface area contributed by atoms with Crippen LogP contribution in [-0.4, -0.2) is 27.3 Å². The zero-order valence-corrected chi connectivity index (χ0v) is 23.1. The van der Waals surface area contributed by atoms with Crippen molar-refractivity contribution in [3.63, 3.8) is 0 Å². The summed E-state index contributed by atoms with van der Waals surface area (Å²) >= 11 is 12.3. The van der Waals surface area contributed by atoms with Gasteiger partial charge in [0.1, 0.15) is 5.52 Å².